The van der Waals surface area contributed by atoms with Gasteiger partial charge in [0.25, 0.3) is 0 Å². The number of methoxy groups -OCH3 is 1. The molecule has 0 aliphatic carbocycles. The molecule has 0 atom stereocenters. The van der Waals surface area contributed by atoms with Gasteiger partial charge in [-0.3, -0.25) is 0 Å². The van der Waals surface area contributed by atoms with Gasteiger partial charge in [0, 0.05) is 6.61 Å². The standard InChI is InChI=1S/C12H15FO2/c1-3-15-9-11(13)8-10-4-6-12(14-2)7-5-10/h4-8H,3,9H2,1-2H3/b11-8-. The summed E-state index contributed by atoms with van der Waals surface area (Å²) in [6.45, 7) is 2.38. The number of benzene rings is 1. The van der Waals surface area contributed by atoms with E-state index >= 15 is 0 Å². The number of ether oxygens (including phenoxy) is 2. The molecule has 0 heterocycles. The van der Waals surface area contributed by atoms with E-state index in [-0.39, 0.29) is 12.4 Å². The second-order valence-electron chi connectivity index (χ2n) is 3.00. The quantitative estimate of drug-likeness (QED) is 0.743. The molecule has 0 amide bonds. The topological polar surface area (TPSA) is 18.5 Å². The van der Waals surface area contributed by atoms with Gasteiger partial charge >= 0.3 is 0 Å². The monoisotopic (exact) mass is 210 g/mol. The van der Waals surface area contributed by atoms with Gasteiger partial charge in [-0.2, -0.15) is 0 Å². The lowest BCUT2D eigenvalue weighted by molar-refractivity contribution is 0.157. The average Bonchev–Trinajstić information content (AvgIpc) is 2.27. The molecule has 0 bridgehead atoms. The van der Waals surface area contributed by atoms with Crippen LogP contribution in [-0.4, -0.2) is 20.3 Å². The molecule has 0 unspecified atom stereocenters. The van der Waals surface area contributed by atoms with Crippen LogP contribution in [0.15, 0.2) is 30.1 Å². The van der Waals surface area contributed by atoms with E-state index in [1.165, 1.54) is 6.08 Å². The summed E-state index contributed by atoms with van der Waals surface area (Å²) in [6, 6.07) is 7.17. The van der Waals surface area contributed by atoms with Crippen molar-refractivity contribution in [3.05, 3.63) is 35.7 Å². The Hall–Kier alpha value is -1.35. The molecule has 0 N–H and O–H groups in total. The van der Waals surface area contributed by atoms with E-state index in [0.29, 0.717) is 6.61 Å². The number of halogens is 1. The van der Waals surface area contributed by atoms with E-state index in [1.807, 2.05) is 6.92 Å². The van der Waals surface area contributed by atoms with Crippen molar-refractivity contribution in [3.63, 3.8) is 0 Å². The van der Waals surface area contributed by atoms with Crippen molar-refractivity contribution >= 4 is 6.08 Å². The van der Waals surface area contributed by atoms with Crippen molar-refractivity contribution in [2.75, 3.05) is 20.3 Å². The highest BCUT2D eigenvalue weighted by Crippen LogP contribution is 2.14. The maximum atomic E-state index is 13.2. The van der Waals surface area contributed by atoms with Crippen LogP contribution >= 0.6 is 0 Å². The predicted molar refractivity (Wildman–Crippen MR) is 58.6 cm³/mol. The van der Waals surface area contributed by atoms with E-state index < -0.39 is 0 Å². The third-order valence-corrected chi connectivity index (χ3v) is 1.88. The minimum Gasteiger partial charge on any atom is -0.497 e. The fourth-order valence-corrected chi connectivity index (χ4v) is 1.12. The molecule has 15 heavy (non-hydrogen) atoms. The van der Waals surface area contributed by atoms with Crippen LogP contribution in [-0.2, 0) is 4.74 Å². The summed E-state index contributed by atoms with van der Waals surface area (Å²) in [4.78, 5) is 0. The molecule has 0 saturated heterocycles. The molecule has 2 nitrogen and oxygen atoms in total. The zero-order valence-electron chi connectivity index (χ0n) is 9.00. The summed E-state index contributed by atoms with van der Waals surface area (Å²) in [5.41, 5.74) is 0.799. The minimum atomic E-state index is -0.276. The normalized spacial score (nSPS) is 11.5. The Balaban J connectivity index is 2.62. The molecule has 1 rings (SSSR count). The zero-order chi connectivity index (χ0) is 11.1. The van der Waals surface area contributed by atoms with Crippen LogP contribution in [0.2, 0.25) is 0 Å². The van der Waals surface area contributed by atoms with Crippen LogP contribution in [0.4, 0.5) is 4.39 Å². The molecular formula is C12H15FO2. The van der Waals surface area contributed by atoms with Gasteiger partial charge in [-0.05, 0) is 30.7 Å². The first-order chi connectivity index (χ1) is 7.26. The first-order valence-electron chi connectivity index (χ1n) is 4.84. The van der Waals surface area contributed by atoms with Gasteiger partial charge in [0.15, 0.2) is 0 Å². The lowest BCUT2D eigenvalue weighted by atomic mass is 10.2. The largest absolute Gasteiger partial charge is 0.497 e. The van der Waals surface area contributed by atoms with Crippen LogP contribution in [0.25, 0.3) is 6.08 Å². The van der Waals surface area contributed by atoms with E-state index in [4.69, 9.17) is 9.47 Å². The highest BCUT2D eigenvalue weighted by Gasteiger charge is 1.96. The van der Waals surface area contributed by atoms with Crippen LogP contribution in [0.1, 0.15) is 12.5 Å². The number of rotatable bonds is 5. The van der Waals surface area contributed by atoms with Gasteiger partial charge in [-0.1, -0.05) is 12.1 Å². The maximum absolute atomic E-state index is 13.2. The Bertz CT molecular complexity index is 317. The average molecular weight is 210 g/mol. The summed E-state index contributed by atoms with van der Waals surface area (Å²) in [5.74, 6) is 0.486. The van der Waals surface area contributed by atoms with Crippen molar-refractivity contribution in [1.82, 2.24) is 0 Å². The van der Waals surface area contributed by atoms with Crippen LogP contribution < -0.4 is 4.74 Å². The maximum Gasteiger partial charge on any atom is 0.126 e. The van der Waals surface area contributed by atoms with Crippen molar-refractivity contribution in [2.45, 2.75) is 6.92 Å². The third-order valence-electron chi connectivity index (χ3n) is 1.88. The summed E-state index contributed by atoms with van der Waals surface area (Å²) in [7, 11) is 1.60. The highest BCUT2D eigenvalue weighted by atomic mass is 19.1. The SMILES string of the molecule is CCOC/C(F)=C/c1ccc(OC)cc1. The molecule has 0 aliphatic rings. The van der Waals surface area contributed by atoms with Crippen LogP contribution in [0.5, 0.6) is 5.75 Å². The van der Waals surface area contributed by atoms with Gasteiger partial charge in [0.05, 0.1) is 13.7 Å². The second-order valence-corrected chi connectivity index (χ2v) is 3.00. The van der Waals surface area contributed by atoms with Crippen molar-refractivity contribution < 1.29 is 13.9 Å². The first-order valence-corrected chi connectivity index (χ1v) is 4.84. The molecule has 0 spiro atoms. The van der Waals surface area contributed by atoms with E-state index in [1.54, 1.807) is 31.4 Å². The number of hydrogen-bond donors (Lipinski definition) is 0. The lowest BCUT2D eigenvalue weighted by Gasteiger charge is -2.00. The lowest BCUT2D eigenvalue weighted by Crippen LogP contribution is -1.93. The molecule has 82 valence electrons. The fraction of sp³-hybridized carbons (Fsp3) is 0.333. The van der Waals surface area contributed by atoms with E-state index in [2.05, 4.69) is 0 Å². The molecule has 3 heteroatoms. The summed E-state index contributed by atoms with van der Waals surface area (Å²) >= 11 is 0. The second kappa shape index (κ2) is 6.19. The molecule has 0 aromatic heterocycles. The van der Waals surface area contributed by atoms with E-state index in [0.717, 1.165) is 11.3 Å². The van der Waals surface area contributed by atoms with Gasteiger partial charge in [-0.15, -0.1) is 0 Å². The summed E-state index contributed by atoms with van der Waals surface area (Å²) < 4.78 is 23.1. The molecule has 0 saturated carbocycles. The van der Waals surface area contributed by atoms with Crippen LogP contribution in [0.3, 0.4) is 0 Å². The Morgan fingerprint density at radius 3 is 2.53 bits per heavy atom. The van der Waals surface area contributed by atoms with Crippen LogP contribution in [0, 0.1) is 0 Å². The fourth-order valence-electron chi connectivity index (χ4n) is 1.12. The molecular weight excluding hydrogens is 195 g/mol. The van der Waals surface area contributed by atoms with Crippen molar-refractivity contribution in [1.29, 1.82) is 0 Å². The van der Waals surface area contributed by atoms with Gasteiger partial charge in [0.2, 0.25) is 0 Å². The number of hydrogen-bond acceptors (Lipinski definition) is 2. The third kappa shape index (κ3) is 4.13. The van der Waals surface area contributed by atoms with Gasteiger partial charge in [-0.25, -0.2) is 4.39 Å². The smallest absolute Gasteiger partial charge is 0.126 e. The first kappa shape index (κ1) is 11.7. The molecule has 1 aromatic rings. The Kier molecular flexibility index (Phi) is 4.84. The Labute approximate surface area is 89.3 Å². The zero-order valence-corrected chi connectivity index (χ0v) is 9.00. The Morgan fingerprint density at radius 2 is 2.00 bits per heavy atom. The van der Waals surface area contributed by atoms with Gasteiger partial charge in [0.1, 0.15) is 11.6 Å². The van der Waals surface area contributed by atoms with Crippen molar-refractivity contribution in [3.8, 4) is 5.75 Å². The molecule has 0 radical (unpaired) electrons. The summed E-state index contributed by atoms with van der Waals surface area (Å²) in [5, 5.41) is 0. The Morgan fingerprint density at radius 1 is 1.33 bits per heavy atom. The minimum absolute atomic E-state index is 0.0303. The highest BCUT2D eigenvalue weighted by molar-refractivity contribution is 5.52. The summed E-state index contributed by atoms with van der Waals surface area (Å²) in [6.07, 6.45) is 1.45. The molecule has 1 aromatic carbocycles. The van der Waals surface area contributed by atoms with Crippen molar-refractivity contribution in [2.24, 2.45) is 0 Å². The van der Waals surface area contributed by atoms with Gasteiger partial charge < -0.3 is 9.47 Å². The predicted octanol–water partition coefficient (Wildman–Crippen LogP) is 3.04. The molecule has 0 fully saturated rings. The van der Waals surface area contributed by atoms with E-state index in [9.17, 15) is 4.39 Å². The molecule has 0 aliphatic heterocycles.